The van der Waals surface area contributed by atoms with Crippen molar-refractivity contribution >= 4 is 46.1 Å². The van der Waals surface area contributed by atoms with Gasteiger partial charge < -0.3 is 20.3 Å². The van der Waals surface area contributed by atoms with Gasteiger partial charge in [-0.1, -0.05) is 37.3 Å². The summed E-state index contributed by atoms with van der Waals surface area (Å²) >= 11 is 7.57. The third kappa shape index (κ3) is 5.82. The average molecular weight is 529 g/mol. The predicted molar refractivity (Wildman–Crippen MR) is 140 cm³/mol. The highest BCUT2D eigenvalue weighted by Gasteiger charge is 2.28. The van der Waals surface area contributed by atoms with E-state index in [2.05, 4.69) is 25.6 Å². The van der Waals surface area contributed by atoms with Gasteiger partial charge in [-0.05, 0) is 30.5 Å². The van der Waals surface area contributed by atoms with Crippen molar-refractivity contribution in [3.63, 3.8) is 0 Å². The maximum Gasteiger partial charge on any atom is 0.262 e. The quantitative estimate of drug-likeness (QED) is 0.453. The highest BCUT2D eigenvalue weighted by Crippen LogP contribution is 2.34. The number of nitrogens with zero attached hydrogens (tertiary/aromatic N) is 4. The fourth-order valence-corrected chi connectivity index (χ4v) is 5.90. The van der Waals surface area contributed by atoms with Crippen molar-refractivity contribution in [1.82, 2.24) is 20.1 Å². The van der Waals surface area contributed by atoms with E-state index in [-0.39, 0.29) is 11.8 Å². The van der Waals surface area contributed by atoms with Crippen LogP contribution in [0.4, 0.5) is 11.4 Å². The molecule has 3 aromatic heterocycles. The average Bonchev–Trinajstić information content (AvgIpc) is 3.62. The number of ether oxygens (including phenoxy) is 1. The molecule has 1 saturated carbocycles. The van der Waals surface area contributed by atoms with Crippen LogP contribution in [0.3, 0.4) is 0 Å². The molecule has 1 atom stereocenters. The fourth-order valence-electron chi connectivity index (χ4n) is 4.82. The minimum Gasteiger partial charge on any atom is -0.474 e. The summed E-state index contributed by atoms with van der Waals surface area (Å²) in [5, 5.41) is 10.5. The number of carbonyl (C=O) groups excluding carboxylic acids is 2. The summed E-state index contributed by atoms with van der Waals surface area (Å²) in [4.78, 5) is 34.3. The lowest BCUT2D eigenvalue weighted by Gasteiger charge is -2.30. The van der Waals surface area contributed by atoms with Gasteiger partial charge in [0.05, 0.1) is 34.9 Å². The van der Waals surface area contributed by atoms with Crippen molar-refractivity contribution in [2.45, 2.75) is 44.7 Å². The number of fused-ring (bicyclic) bond motifs is 1. The van der Waals surface area contributed by atoms with Gasteiger partial charge in [0.25, 0.3) is 5.91 Å². The molecule has 1 fully saturated rings. The third-order valence-corrected chi connectivity index (χ3v) is 7.89. The molecule has 1 aliphatic heterocycles. The molecule has 5 rings (SSSR count). The highest BCUT2D eigenvalue weighted by molar-refractivity contribution is 7.14. The number of halogens is 1. The second kappa shape index (κ2) is 10.9. The van der Waals surface area contributed by atoms with Crippen LogP contribution in [-0.4, -0.2) is 45.8 Å². The van der Waals surface area contributed by atoms with Crippen molar-refractivity contribution in [3.8, 4) is 5.88 Å². The molecule has 2 aliphatic rings. The molecular formula is C25H29ClN6O3S. The summed E-state index contributed by atoms with van der Waals surface area (Å²) in [6, 6.07) is 5.01. The summed E-state index contributed by atoms with van der Waals surface area (Å²) in [5.41, 5.74) is 1.46. The van der Waals surface area contributed by atoms with E-state index < -0.39 is 6.04 Å². The van der Waals surface area contributed by atoms with Crippen molar-refractivity contribution < 1.29 is 14.3 Å². The van der Waals surface area contributed by atoms with Gasteiger partial charge >= 0.3 is 0 Å². The van der Waals surface area contributed by atoms with Gasteiger partial charge in [-0.15, -0.1) is 11.3 Å². The second-order valence-electron chi connectivity index (χ2n) is 9.32. The first-order valence-corrected chi connectivity index (χ1v) is 13.4. The normalized spacial score (nSPS) is 16.3. The van der Waals surface area contributed by atoms with E-state index in [9.17, 15) is 9.59 Å². The van der Waals surface area contributed by atoms with Crippen LogP contribution in [0.2, 0.25) is 5.02 Å². The molecule has 190 valence electrons. The van der Waals surface area contributed by atoms with Gasteiger partial charge in [-0.2, -0.15) is 5.10 Å². The number of hydrogen-bond donors (Lipinski definition) is 2. The van der Waals surface area contributed by atoms with Gasteiger partial charge in [0.2, 0.25) is 11.8 Å². The molecule has 2 amide bonds. The smallest absolute Gasteiger partial charge is 0.262 e. The molecule has 0 saturated heterocycles. The van der Waals surface area contributed by atoms with Crippen LogP contribution in [0.15, 0.2) is 36.8 Å². The number of aryl methyl sites for hydroxylation is 1. The highest BCUT2D eigenvalue weighted by atomic mass is 35.5. The molecule has 0 spiro atoms. The van der Waals surface area contributed by atoms with E-state index in [1.807, 2.05) is 18.2 Å². The Labute approximate surface area is 218 Å². The molecule has 0 radical (unpaired) electrons. The Balaban J connectivity index is 1.26. The predicted octanol–water partition coefficient (Wildman–Crippen LogP) is 4.25. The van der Waals surface area contributed by atoms with Crippen LogP contribution in [0, 0.1) is 5.92 Å². The van der Waals surface area contributed by atoms with Gasteiger partial charge in [0.1, 0.15) is 18.3 Å². The number of anilines is 2. The summed E-state index contributed by atoms with van der Waals surface area (Å²) in [7, 11) is 1.79. The molecule has 36 heavy (non-hydrogen) atoms. The number of rotatable bonds is 8. The lowest BCUT2D eigenvalue weighted by atomic mass is 9.97. The van der Waals surface area contributed by atoms with Crippen LogP contribution < -0.4 is 20.3 Å². The summed E-state index contributed by atoms with van der Waals surface area (Å²) in [6.45, 7) is 1.85. The van der Waals surface area contributed by atoms with Crippen molar-refractivity contribution in [2.75, 3.05) is 23.4 Å². The molecule has 11 heteroatoms. The van der Waals surface area contributed by atoms with Gasteiger partial charge in [0, 0.05) is 24.3 Å². The van der Waals surface area contributed by atoms with E-state index in [0.29, 0.717) is 53.5 Å². The van der Waals surface area contributed by atoms with E-state index in [4.69, 9.17) is 16.3 Å². The number of thiophene rings is 1. The Kier molecular flexibility index (Phi) is 7.43. The Morgan fingerprint density at radius 1 is 1.28 bits per heavy atom. The molecule has 2 N–H and O–H groups in total. The minimum absolute atomic E-state index is 0.214. The van der Waals surface area contributed by atoms with E-state index >= 15 is 0 Å². The molecule has 1 aliphatic carbocycles. The number of amides is 2. The zero-order chi connectivity index (χ0) is 25.1. The Morgan fingerprint density at radius 3 is 2.89 bits per heavy atom. The number of nitrogens with one attached hydrogen (secondary N) is 2. The first kappa shape index (κ1) is 24.6. The van der Waals surface area contributed by atoms with Crippen LogP contribution in [0.5, 0.6) is 5.88 Å². The zero-order valence-electron chi connectivity index (χ0n) is 20.1. The summed E-state index contributed by atoms with van der Waals surface area (Å²) in [6.07, 6.45) is 10.1. The van der Waals surface area contributed by atoms with E-state index in [1.165, 1.54) is 24.2 Å². The van der Waals surface area contributed by atoms with Crippen molar-refractivity contribution in [2.24, 2.45) is 13.0 Å². The SMILES string of the molecule is Cn1cc(NC(=O)[C@H](CC2CCCC2)NC(=O)c2ccc(CN3CCOc4ncc(Cl)cc43)s2)cn1. The molecule has 0 aromatic carbocycles. The Bertz CT molecular complexity index is 1240. The van der Waals surface area contributed by atoms with Crippen LogP contribution in [0.1, 0.15) is 46.7 Å². The molecular weight excluding hydrogens is 500 g/mol. The topological polar surface area (TPSA) is 101 Å². The summed E-state index contributed by atoms with van der Waals surface area (Å²) < 4.78 is 7.27. The Hall–Kier alpha value is -3.11. The van der Waals surface area contributed by atoms with Gasteiger partial charge in [-0.3, -0.25) is 14.3 Å². The third-order valence-electron chi connectivity index (χ3n) is 6.61. The molecule has 0 unspecified atom stereocenters. The first-order chi connectivity index (χ1) is 17.4. The monoisotopic (exact) mass is 528 g/mol. The molecule has 9 nitrogen and oxygen atoms in total. The summed E-state index contributed by atoms with van der Waals surface area (Å²) in [5.74, 6) is 0.558. The number of hydrogen-bond acceptors (Lipinski definition) is 7. The fraction of sp³-hybridized carbons (Fsp3) is 0.440. The Morgan fingerprint density at radius 2 is 2.11 bits per heavy atom. The molecule has 0 bridgehead atoms. The van der Waals surface area contributed by atoms with Gasteiger partial charge in [-0.25, -0.2) is 4.98 Å². The van der Waals surface area contributed by atoms with E-state index in [1.54, 1.807) is 30.3 Å². The lowest BCUT2D eigenvalue weighted by Crippen LogP contribution is -2.44. The van der Waals surface area contributed by atoms with Crippen LogP contribution in [-0.2, 0) is 18.4 Å². The van der Waals surface area contributed by atoms with Crippen molar-refractivity contribution in [1.29, 1.82) is 0 Å². The minimum atomic E-state index is -0.606. The molecule has 4 heterocycles. The van der Waals surface area contributed by atoms with Crippen LogP contribution >= 0.6 is 22.9 Å². The first-order valence-electron chi connectivity index (χ1n) is 12.2. The van der Waals surface area contributed by atoms with Gasteiger partial charge in [0.15, 0.2) is 0 Å². The molecule has 3 aromatic rings. The number of aromatic nitrogens is 3. The number of carbonyl (C=O) groups is 2. The largest absolute Gasteiger partial charge is 0.474 e. The van der Waals surface area contributed by atoms with Crippen molar-refractivity contribution in [3.05, 3.63) is 51.6 Å². The second-order valence-corrected chi connectivity index (χ2v) is 10.9. The standard InChI is InChI=1S/C25H29ClN6O3S/c1-31-14-18(13-28-31)29-23(33)20(10-16-4-2-3-5-16)30-24(34)22-7-6-19(36-22)15-32-8-9-35-25-21(32)11-17(26)12-27-25/h6-7,11-14,16,20H,2-5,8-10,15H2,1H3,(H,29,33)(H,30,34)/t20-/m0/s1. The van der Waals surface area contributed by atoms with Crippen LogP contribution in [0.25, 0.3) is 0 Å². The number of pyridine rings is 1. The zero-order valence-corrected chi connectivity index (χ0v) is 21.6. The maximum atomic E-state index is 13.2. The maximum absolute atomic E-state index is 13.2. The van der Waals surface area contributed by atoms with E-state index in [0.717, 1.165) is 23.4 Å². The lowest BCUT2D eigenvalue weighted by molar-refractivity contribution is -0.118.